The zero-order valence-corrected chi connectivity index (χ0v) is 6.07. The number of halogens is 1. The van der Waals surface area contributed by atoms with Crippen molar-refractivity contribution in [3.8, 4) is 0 Å². The van der Waals surface area contributed by atoms with Crippen LogP contribution in [0.3, 0.4) is 0 Å². The van der Waals surface area contributed by atoms with Crippen LogP contribution >= 0.6 is 0 Å². The lowest BCUT2D eigenvalue weighted by atomic mass is 10.1. The number of aromatic nitrogens is 1. The minimum absolute atomic E-state index is 0.155. The van der Waals surface area contributed by atoms with E-state index in [2.05, 4.69) is 4.98 Å². The Kier molecular flexibility index (Phi) is 2.35. The first-order chi connectivity index (χ1) is 5.61. The Morgan fingerprint density at radius 3 is 2.83 bits per heavy atom. The third kappa shape index (κ3) is 1.76. The summed E-state index contributed by atoms with van der Waals surface area (Å²) in [5.41, 5.74) is 5.36. The second-order valence-electron chi connectivity index (χ2n) is 2.25. The van der Waals surface area contributed by atoms with Gasteiger partial charge in [-0.25, -0.2) is 4.39 Å². The topological polar surface area (TPSA) is 76.2 Å². The molecular formula is C7H7FN2O2. The van der Waals surface area contributed by atoms with Crippen molar-refractivity contribution in [3.63, 3.8) is 0 Å². The highest BCUT2D eigenvalue weighted by atomic mass is 19.1. The van der Waals surface area contributed by atoms with Gasteiger partial charge in [-0.15, -0.1) is 0 Å². The van der Waals surface area contributed by atoms with Crippen LogP contribution in [0, 0.1) is 5.82 Å². The standard InChI is InChI=1S/C7H7FN2O2/c8-5-1-4(2-10-3-5)6(9)7(11)12/h1-3,6H,9H2,(H,11,12)/t6-/m1/s1. The molecule has 0 unspecified atom stereocenters. The van der Waals surface area contributed by atoms with Gasteiger partial charge in [-0.05, 0) is 6.07 Å². The van der Waals surface area contributed by atoms with Crippen molar-refractivity contribution < 1.29 is 14.3 Å². The first kappa shape index (κ1) is 8.61. The number of hydrogen-bond donors (Lipinski definition) is 2. The minimum Gasteiger partial charge on any atom is -0.480 e. The molecule has 5 heteroatoms. The fraction of sp³-hybridized carbons (Fsp3) is 0.143. The van der Waals surface area contributed by atoms with Gasteiger partial charge in [0.15, 0.2) is 0 Å². The molecule has 4 nitrogen and oxygen atoms in total. The summed E-state index contributed by atoms with van der Waals surface area (Å²) in [5, 5.41) is 8.45. The van der Waals surface area contributed by atoms with Crippen LogP contribution in [0.5, 0.6) is 0 Å². The van der Waals surface area contributed by atoms with E-state index in [1.54, 1.807) is 0 Å². The van der Waals surface area contributed by atoms with E-state index >= 15 is 0 Å². The number of carbonyl (C=O) groups is 1. The van der Waals surface area contributed by atoms with Crippen LogP contribution in [0.15, 0.2) is 18.5 Å². The molecular weight excluding hydrogens is 163 g/mol. The lowest BCUT2D eigenvalue weighted by Crippen LogP contribution is -2.20. The Bertz CT molecular complexity index is 303. The molecule has 0 amide bonds. The van der Waals surface area contributed by atoms with Gasteiger partial charge in [0.2, 0.25) is 0 Å². The second-order valence-corrected chi connectivity index (χ2v) is 2.25. The van der Waals surface area contributed by atoms with E-state index in [4.69, 9.17) is 10.8 Å². The summed E-state index contributed by atoms with van der Waals surface area (Å²) in [4.78, 5) is 13.8. The van der Waals surface area contributed by atoms with Gasteiger partial charge < -0.3 is 10.8 Å². The molecule has 1 rings (SSSR count). The normalized spacial score (nSPS) is 12.5. The Morgan fingerprint density at radius 2 is 2.33 bits per heavy atom. The molecule has 64 valence electrons. The summed E-state index contributed by atoms with van der Waals surface area (Å²) in [6.45, 7) is 0. The first-order valence-corrected chi connectivity index (χ1v) is 3.20. The van der Waals surface area contributed by atoms with Crippen molar-refractivity contribution in [3.05, 3.63) is 29.8 Å². The molecule has 0 saturated heterocycles. The fourth-order valence-electron chi connectivity index (χ4n) is 0.741. The van der Waals surface area contributed by atoms with Crippen molar-refractivity contribution >= 4 is 5.97 Å². The number of rotatable bonds is 2. The Labute approximate surface area is 67.8 Å². The van der Waals surface area contributed by atoms with E-state index in [1.807, 2.05) is 0 Å². The molecule has 1 heterocycles. The molecule has 0 aliphatic heterocycles. The molecule has 0 aliphatic carbocycles. The number of hydrogen-bond acceptors (Lipinski definition) is 3. The molecule has 1 atom stereocenters. The highest BCUT2D eigenvalue weighted by Gasteiger charge is 2.14. The number of aliphatic carboxylic acids is 1. The molecule has 0 bridgehead atoms. The maximum atomic E-state index is 12.5. The summed E-state index contributed by atoms with van der Waals surface area (Å²) in [5.74, 6) is -1.80. The average molecular weight is 170 g/mol. The largest absolute Gasteiger partial charge is 0.480 e. The number of nitrogens with zero attached hydrogens (tertiary/aromatic N) is 1. The Balaban J connectivity index is 2.95. The van der Waals surface area contributed by atoms with Crippen LogP contribution in [0.1, 0.15) is 11.6 Å². The molecule has 0 radical (unpaired) electrons. The number of carboxylic acid groups (broad SMARTS) is 1. The first-order valence-electron chi connectivity index (χ1n) is 3.20. The molecule has 0 spiro atoms. The molecule has 0 aromatic carbocycles. The van der Waals surface area contributed by atoms with Gasteiger partial charge in [0.05, 0.1) is 6.20 Å². The van der Waals surface area contributed by atoms with Crippen molar-refractivity contribution in [1.29, 1.82) is 0 Å². The molecule has 1 aromatic heterocycles. The zero-order chi connectivity index (χ0) is 9.14. The van der Waals surface area contributed by atoms with Crippen LogP contribution in [0.25, 0.3) is 0 Å². The molecule has 12 heavy (non-hydrogen) atoms. The van der Waals surface area contributed by atoms with Crippen LogP contribution < -0.4 is 5.73 Å². The highest BCUT2D eigenvalue weighted by molar-refractivity contribution is 5.74. The lowest BCUT2D eigenvalue weighted by molar-refractivity contribution is -0.138. The van der Waals surface area contributed by atoms with Gasteiger partial charge in [-0.2, -0.15) is 0 Å². The van der Waals surface area contributed by atoms with E-state index in [-0.39, 0.29) is 5.56 Å². The smallest absolute Gasteiger partial charge is 0.325 e. The second kappa shape index (κ2) is 3.27. The maximum Gasteiger partial charge on any atom is 0.325 e. The van der Waals surface area contributed by atoms with E-state index < -0.39 is 17.8 Å². The SMILES string of the molecule is N[C@@H](C(=O)O)c1cncc(F)c1. The predicted octanol–water partition coefficient (Wildman–Crippen LogP) is 0.305. The Morgan fingerprint density at radius 1 is 1.67 bits per heavy atom. The summed E-state index contributed by atoms with van der Waals surface area (Å²) < 4.78 is 12.5. The molecule has 3 N–H and O–H groups in total. The van der Waals surface area contributed by atoms with Gasteiger partial charge in [-0.1, -0.05) is 0 Å². The van der Waals surface area contributed by atoms with Crippen LogP contribution in [-0.4, -0.2) is 16.1 Å². The summed E-state index contributed by atoms with van der Waals surface area (Å²) in [6, 6.07) is -0.167. The van der Waals surface area contributed by atoms with Crippen molar-refractivity contribution in [2.45, 2.75) is 6.04 Å². The number of carboxylic acids is 1. The van der Waals surface area contributed by atoms with Crippen LogP contribution in [0.2, 0.25) is 0 Å². The van der Waals surface area contributed by atoms with E-state index in [0.717, 1.165) is 12.3 Å². The van der Waals surface area contributed by atoms with Crippen molar-refractivity contribution in [1.82, 2.24) is 4.98 Å². The van der Waals surface area contributed by atoms with Gasteiger partial charge >= 0.3 is 5.97 Å². The van der Waals surface area contributed by atoms with Gasteiger partial charge in [-0.3, -0.25) is 9.78 Å². The number of nitrogens with two attached hydrogens (primary N) is 1. The molecule has 0 aliphatic rings. The van der Waals surface area contributed by atoms with Crippen molar-refractivity contribution in [2.24, 2.45) is 5.73 Å². The van der Waals surface area contributed by atoms with Crippen LogP contribution in [0.4, 0.5) is 4.39 Å². The zero-order valence-electron chi connectivity index (χ0n) is 6.07. The molecule has 1 aromatic rings. The average Bonchev–Trinajstić information content (AvgIpc) is 2.03. The molecule has 0 saturated carbocycles. The van der Waals surface area contributed by atoms with E-state index in [0.29, 0.717) is 0 Å². The van der Waals surface area contributed by atoms with Gasteiger partial charge in [0, 0.05) is 11.8 Å². The van der Waals surface area contributed by atoms with E-state index in [9.17, 15) is 9.18 Å². The third-order valence-corrected chi connectivity index (χ3v) is 1.35. The third-order valence-electron chi connectivity index (χ3n) is 1.35. The fourth-order valence-corrected chi connectivity index (χ4v) is 0.741. The van der Waals surface area contributed by atoms with Gasteiger partial charge in [0.1, 0.15) is 11.9 Å². The minimum atomic E-state index is -1.21. The quantitative estimate of drug-likeness (QED) is 0.669. The van der Waals surface area contributed by atoms with E-state index in [1.165, 1.54) is 6.20 Å². The monoisotopic (exact) mass is 170 g/mol. The lowest BCUT2D eigenvalue weighted by Gasteiger charge is -2.04. The Hall–Kier alpha value is -1.49. The maximum absolute atomic E-state index is 12.5. The highest BCUT2D eigenvalue weighted by Crippen LogP contribution is 2.09. The summed E-state index contributed by atoms with van der Waals surface area (Å²) in [7, 11) is 0. The summed E-state index contributed by atoms with van der Waals surface area (Å²) in [6.07, 6.45) is 2.21. The predicted molar refractivity (Wildman–Crippen MR) is 38.8 cm³/mol. The van der Waals surface area contributed by atoms with Crippen molar-refractivity contribution in [2.75, 3.05) is 0 Å². The van der Waals surface area contributed by atoms with Gasteiger partial charge in [0.25, 0.3) is 0 Å². The van der Waals surface area contributed by atoms with Crippen LogP contribution in [-0.2, 0) is 4.79 Å². The summed E-state index contributed by atoms with van der Waals surface area (Å²) >= 11 is 0. The number of pyridine rings is 1. The molecule has 0 fully saturated rings.